The first-order valence-electron chi connectivity index (χ1n) is 4.62. The van der Waals surface area contributed by atoms with Crippen LogP contribution in [0.15, 0.2) is 30.3 Å². The first-order chi connectivity index (χ1) is 7.99. The minimum absolute atomic E-state index is 0.0152. The van der Waals surface area contributed by atoms with E-state index in [-0.39, 0.29) is 16.9 Å². The molecule has 0 radical (unpaired) electrons. The molecular weight excluding hydrogens is 253 g/mol. The van der Waals surface area contributed by atoms with E-state index in [1.54, 1.807) is 0 Å². The third-order valence-corrected chi connectivity index (χ3v) is 2.49. The Morgan fingerprint density at radius 1 is 0.941 bits per heavy atom. The number of phenols is 1. The van der Waals surface area contributed by atoms with Gasteiger partial charge in [-0.2, -0.15) is 0 Å². The highest BCUT2D eigenvalue weighted by Crippen LogP contribution is 2.33. The van der Waals surface area contributed by atoms with Crippen molar-refractivity contribution in [2.24, 2.45) is 0 Å². The minimum Gasteiger partial charge on any atom is -0.507 e. The highest BCUT2D eigenvalue weighted by Gasteiger charge is 2.13. The number of rotatable bonds is 1. The van der Waals surface area contributed by atoms with Gasteiger partial charge in [0, 0.05) is 10.6 Å². The molecule has 0 fully saturated rings. The predicted molar refractivity (Wildman–Crippen MR) is 58.4 cm³/mol. The van der Waals surface area contributed by atoms with E-state index >= 15 is 0 Å². The lowest BCUT2D eigenvalue weighted by molar-refractivity contribution is 0.447. The summed E-state index contributed by atoms with van der Waals surface area (Å²) < 4.78 is 38.8. The van der Waals surface area contributed by atoms with Gasteiger partial charge in [0.05, 0.1) is 0 Å². The molecule has 2 aromatic carbocycles. The molecule has 0 atom stereocenters. The maximum Gasteiger partial charge on any atom is 0.194 e. The third kappa shape index (κ3) is 2.22. The Kier molecular flexibility index (Phi) is 2.98. The summed E-state index contributed by atoms with van der Waals surface area (Å²) in [6.07, 6.45) is 0. The lowest BCUT2D eigenvalue weighted by atomic mass is 10.0. The van der Waals surface area contributed by atoms with Crippen LogP contribution < -0.4 is 0 Å². The SMILES string of the molecule is Oc1ccc(Cl)cc1-c1cc(F)c(F)c(F)c1. The zero-order valence-electron chi connectivity index (χ0n) is 8.35. The van der Waals surface area contributed by atoms with Crippen molar-refractivity contribution in [2.45, 2.75) is 0 Å². The molecule has 1 nitrogen and oxygen atoms in total. The standard InChI is InChI=1S/C12H6ClF3O/c13-7-1-2-11(17)8(5-7)6-3-9(14)12(16)10(15)4-6/h1-5,17H. The minimum atomic E-state index is -1.55. The summed E-state index contributed by atoms with van der Waals surface area (Å²) in [7, 11) is 0. The van der Waals surface area contributed by atoms with Gasteiger partial charge < -0.3 is 5.11 Å². The topological polar surface area (TPSA) is 20.2 Å². The number of benzene rings is 2. The molecule has 0 unspecified atom stereocenters. The Hall–Kier alpha value is -1.68. The average molecular weight is 259 g/mol. The average Bonchev–Trinajstić information content (AvgIpc) is 2.28. The Balaban J connectivity index is 2.64. The molecule has 0 spiro atoms. The van der Waals surface area contributed by atoms with Crippen LogP contribution in [0.25, 0.3) is 11.1 Å². The molecule has 0 aromatic heterocycles. The summed E-state index contributed by atoms with van der Waals surface area (Å²) >= 11 is 5.70. The van der Waals surface area contributed by atoms with Gasteiger partial charge in [0.1, 0.15) is 5.75 Å². The molecule has 2 aromatic rings. The third-order valence-electron chi connectivity index (χ3n) is 2.25. The zero-order valence-corrected chi connectivity index (χ0v) is 9.10. The molecule has 2 rings (SSSR count). The van der Waals surface area contributed by atoms with E-state index in [1.165, 1.54) is 18.2 Å². The van der Waals surface area contributed by atoms with E-state index in [4.69, 9.17) is 11.6 Å². The van der Waals surface area contributed by atoms with Crippen LogP contribution in [0.4, 0.5) is 13.2 Å². The summed E-state index contributed by atoms with van der Waals surface area (Å²) in [5, 5.41) is 9.84. The molecule has 0 heterocycles. The number of halogens is 4. The molecular formula is C12H6ClF3O. The Labute approximate surface area is 100 Å². The van der Waals surface area contributed by atoms with Crippen LogP contribution in [0.2, 0.25) is 5.02 Å². The highest BCUT2D eigenvalue weighted by molar-refractivity contribution is 6.31. The van der Waals surface area contributed by atoms with Crippen molar-refractivity contribution >= 4 is 11.6 Å². The van der Waals surface area contributed by atoms with E-state index in [9.17, 15) is 18.3 Å². The van der Waals surface area contributed by atoms with Gasteiger partial charge in [0.15, 0.2) is 17.5 Å². The van der Waals surface area contributed by atoms with Crippen molar-refractivity contribution in [3.63, 3.8) is 0 Å². The predicted octanol–water partition coefficient (Wildman–Crippen LogP) is 4.13. The lowest BCUT2D eigenvalue weighted by Gasteiger charge is -2.06. The van der Waals surface area contributed by atoms with Crippen molar-refractivity contribution in [1.29, 1.82) is 0 Å². The fourth-order valence-corrected chi connectivity index (χ4v) is 1.62. The van der Waals surface area contributed by atoms with Crippen molar-refractivity contribution < 1.29 is 18.3 Å². The van der Waals surface area contributed by atoms with Gasteiger partial charge in [0.2, 0.25) is 0 Å². The monoisotopic (exact) mass is 258 g/mol. The lowest BCUT2D eigenvalue weighted by Crippen LogP contribution is -1.92. The van der Waals surface area contributed by atoms with Crippen molar-refractivity contribution in [3.8, 4) is 16.9 Å². The maximum absolute atomic E-state index is 13.0. The summed E-state index contributed by atoms with van der Waals surface area (Å²) in [4.78, 5) is 0. The van der Waals surface area contributed by atoms with Crippen molar-refractivity contribution in [1.82, 2.24) is 0 Å². The molecule has 0 saturated carbocycles. The fourth-order valence-electron chi connectivity index (χ4n) is 1.45. The number of aromatic hydroxyl groups is 1. The van der Waals surface area contributed by atoms with Crippen LogP contribution in [-0.2, 0) is 0 Å². The Morgan fingerprint density at radius 2 is 1.53 bits per heavy atom. The second kappa shape index (κ2) is 4.30. The number of phenolic OH excluding ortho intramolecular Hbond substituents is 1. The van der Waals surface area contributed by atoms with E-state index in [0.717, 1.165) is 12.1 Å². The van der Waals surface area contributed by atoms with Gasteiger partial charge in [-0.15, -0.1) is 0 Å². The highest BCUT2D eigenvalue weighted by atomic mass is 35.5. The molecule has 0 saturated heterocycles. The van der Waals surface area contributed by atoms with Gasteiger partial charge in [-0.05, 0) is 35.9 Å². The molecule has 17 heavy (non-hydrogen) atoms. The van der Waals surface area contributed by atoms with Gasteiger partial charge in [-0.3, -0.25) is 0 Å². The summed E-state index contributed by atoms with van der Waals surface area (Å²) in [5.41, 5.74) is 0.150. The van der Waals surface area contributed by atoms with E-state index in [2.05, 4.69) is 0 Å². The van der Waals surface area contributed by atoms with Gasteiger partial charge in [-0.1, -0.05) is 11.6 Å². The fraction of sp³-hybridized carbons (Fsp3) is 0. The van der Waals surface area contributed by atoms with E-state index in [1.807, 2.05) is 0 Å². The van der Waals surface area contributed by atoms with Crippen LogP contribution >= 0.6 is 11.6 Å². The molecule has 88 valence electrons. The molecule has 0 aliphatic carbocycles. The molecule has 0 bridgehead atoms. The summed E-state index contributed by atoms with van der Waals surface area (Å²) in [5.74, 6) is -4.38. The molecule has 0 aliphatic rings. The Bertz CT molecular complexity index is 561. The van der Waals surface area contributed by atoms with Crippen LogP contribution in [0.5, 0.6) is 5.75 Å². The second-order valence-corrected chi connectivity index (χ2v) is 3.85. The maximum atomic E-state index is 13.0. The van der Waals surface area contributed by atoms with Crippen LogP contribution in [0.1, 0.15) is 0 Å². The van der Waals surface area contributed by atoms with Crippen LogP contribution in [0.3, 0.4) is 0 Å². The second-order valence-electron chi connectivity index (χ2n) is 3.42. The van der Waals surface area contributed by atoms with Gasteiger partial charge >= 0.3 is 0 Å². The number of hydrogen-bond acceptors (Lipinski definition) is 1. The van der Waals surface area contributed by atoms with Crippen molar-refractivity contribution in [2.75, 3.05) is 0 Å². The first kappa shape index (κ1) is 11.8. The van der Waals surface area contributed by atoms with E-state index < -0.39 is 17.5 Å². The quantitative estimate of drug-likeness (QED) is 0.763. The van der Waals surface area contributed by atoms with E-state index in [0.29, 0.717) is 5.02 Å². The van der Waals surface area contributed by atoms with Gasteiger partial charge in [-0.25, -0.2) is 13.2 Å². The van der Waals surface area contributed by atoms with Crippen LogP contribution in [0, 0.1) is 17.5 Å². The Morgan fingerprint density at radius 3 is 2.12 bits per heavy atom. The first-order valence-corrected chi connectivity index (χ1v) is 5.00. The van der Waals surface area contributed by atoms with Gasteiger partial charge in [0.25, 0.3) is 0 Å². The zero-order chi connectivity index (χ0) is 12.6. The molecule has 0 amide bonds. The largest absolute Gasteiger partial charge is 0.507 e. The number of hydrogen-bond donors (Lipinski definition) is 1. The van der Waals surface area contributed by atoms with Crippen LogP contribution in [-0.4, -0.2) is 5.11 Å². The summed E-state index contributed by atoms with van der Waals surface area (Å²) in [6.45, 7) is 0. The smallest absolute Gasteiger partial charge is 0.194 e. The van der Waals surface area contributed by atoms with Crippen molar-refractivity contribution in [3.05, 3.63) is 52.8 Å². The molecule has 0 aliphatic heterocycles. The summed E-state index contributed by atoms with van der Waals surface area (Å²) in [6, 6.07) is 5.64. The normalized spacial score (nSPS) is 10.6. The molecule has 1 N–H and O–H groups in total. The molecule has 5 heteroatoms.